The van der Waals surface area contributed by atoms with Crippen molar-refractivity contribution in [2.75, 3.05) is 32.8 Å². The molecule has 1 aliphatic heterocycles. The van der Waals surface area contributed by atoms with Crippen LogP contribution < -0.4 is 5.73 Å². The Hall–Kier alpha value is -0.980. The Morgan fingerprint density at radius 3 is 2.65 bits per heavy atom. The molecular weight excluding hydrogens is 220 g/mol. The Morgan fingerprint density at radius 1 is 1.35 bits per heavy atom. The summed E-state index contributed by atoms with van der Waals surface area (Å²) in [5, 5.41) is 3.93. The molecule has 1 fully saturated rings. The standard InChI is InChI=1S/C11H20N4O2/c1-8(2)11-13-10(14-17-11)9(12)7-15-3-5-16-6-4-15/h8-9H,3-7,12H2,1-2H3. The molecule has 96 valence electrons. The topological polar surface area (TPSA) is 77.4 Å². The summed E-state index contributed by atoms with van der Waals surface area (Å²) in [6.45, 7) is 8.17. The van der Waals surface area contributed by atoms with Crippen LogP contribution in [0.3, 0.4) is 0 Å². The van der Waals surface area contributed by atoms with Crippen molar-refractivity contribution in [3.05, 3.63) is 11.7 Å². The highest BCUT2D eigenvalue weighted by molar-refractivity contribution is 4.96. The van der Waals surface area contributed by atoms with Gasteiger partial charge in [-0.05, 0) is 0 Å². The quantitative estimate of drug-likeness (QED) is 0.827. The molecule has 17 heavy (non-hydrogen) atoms. The molecule has 0 saturated carbocycles. The van der Waals surface area contributed by atoms with E-state index in [2.05, 4.69) is 15.0 Å². The van der Waals surface area contributed by atoms with E-state index in [1.165, 1.54) is 0 Å². The molecule has 1 atom stereocenters. The summed E-state index contributed by atoms with van der Waals surface area (Å²) >= 11 is 0. The summed E-state index contributed by atoms with van der Waals surface area (Å²) in [7, 11) is 0. The van der Waals surface area contributed by atoms with Gasteiger partial charge < -0.3 is 15.0 Å². The van der Waals surface area contributed by atoms with Crippen molar-refractivity contribution >= 4 is 0 Å². The molecular formula is C11H20N4O2. The highest BCUT2D eigenvalue weighted by Gasteiger charge is 2.20. The minimum atomic E-state index is -0.190. The van der Waals surface area contributed by atoms with Crippen LogP contribution in [-0.4, -0.2) is 47.9 Å². The van der Waals surface area contributed by atoms with E-state index in [0.717, 1.165) is 32.8 Å². The van der Waals surface area contributed by atoms with E-state index in [4.69, 9.17) is 15.0 Å². The number of hydrogen-bond acceptors (Lipinski definition) is 6. The molecule has 6 nitrogen and oxygen atoms in total. The second-order valence-corrected chi connectivity index (χ2v) is 4.66. The van der Waals surface area contributed by atoms with Gasteiger partial charge in [-0.1, -0.05) is 19.0 Å². The summed E-state index contributed by atoms with van der Waals surface area (Å²) in [5.41, 5.74) is 6.07. The van der Waals surface area contributed by atoms with Gasteiger partial charge in [0, 0.05) is 25.6 Å². The number of hydrogen-bond donors (Lipinski definition) is 1. The van der Waals surface area contributed by atoms with Crippen molar-refractivity contribution in [1.29, 1.82) is 0 Å². The predicted molar refractivity (Wildman–Crippen MR) is 62.6 cm³/mol. The number of morpholine rings is 1. The van der Waals surface area contributed by atoms with E-state index in [1.807, 2.05) is 13.8 Å². The Morgan fingerprint density at radius 2 is 2.06 bits per heavy atom. The zero-order chi connectivity index (χ0) is 12.3. The van der Waals surface area contributed by atoms with Crippen LogP contribution in [0.2, 0.25) is 0 Å². The first kappa shape index (κ1) is 12.5. The van der Waals surface area contributed by atoms with Gasteiger partial charge in [0.25, 0.3) is 0 Å². The number of aromatic nitrogens is 2. The second-order valence-electron chi connectivity index (χ2n) is 4.66. The zero-order valence-electron chi connectivity index (χ0n) is 10.4. The van der Waals surface area contributed by atoms with Gasteiger partial charge in [-0.2, -0.15) is 4.98 Å². The van der Waals surface area contributed by atoms with Gasteiger partial charge >= 0.3 is 0 Å². The van der Waals surface area contributed by atoms with Crippen LogP contribution in [0, 0.1) is 0 Å². The van der Waals surface area contributed by atoms with Crippen molar-refractivity contribution in [1.82, 2.24) is 15.0 Å². The van der Waals surface area contributed by atoms with E-state index < -0.39 is 0 Å². The van der Waals surface area contributed by atoms with E-state index in [9.17, 15) is 0 Å². The van der Waals surface area contributed by atoms with Crippen molar-refractivity contribution in [3.63, 3.8) is 0 Å². The maximum atomic E-state index is 6.07. The van der Waals surface area contributed by atoms with Crippen LogP contribution in [0.5, 0.6) is 0 Å². The predicted octanol–water partition coefficient (Wildman–Crippen LogP) is 0.525. The lowest BCUT2D eigenvalue weighted by Gasteiger charge is -2.27. The van der Waals surface area contributed by atoms with Crippen LogP contribution in [-0.2, 0) is 4.74 Å². The lowest BCUT2D eigenvalue weighted by Crippen LogP contribution is -2.40. The largest absolute Gasteiger partial charge is 0.379 e. The summed E-state index contributed by atoms with van der Waals surface area (Å²) in [6.07, 6.45) is 0. The summed E-state index contributed by atoms with van der Waals surface area (Å²) < 4.78 is 10.4. The van der Waals surface area contributed by atoms with Gasteiger partial charge in [0.05, 0.1) is 19.3 Å². The Balaban J connectivity index is 1.91. The number of nitrogens with zero attached hydrogens (tertiary/aromatic N) is 3. The number of ether oxygens (including phenoxy) is 1. The van der Waals surface area contributed by atoms with E-state index in [-0.39, 0.29) is 12.0 Å². The third-order valence-electron chi connectivity index (χ3n) is 2.84. The molecule has 0 amide bonds. The molecule has 2 N–H and O–H groups in total. The average molecular weight is 240 g/mol. The maximum Gasteiger partial charge on any atom is 0.229 e. The fraction of sp³-hybridized carbons (Fsp3) is 0.818. The smallest absolute Gasteiger partial charge is 0.229 e. The molecule has 0 aromatic carbocycles. The Labute approximate surface area is 101 Å². The molecule has 0 spiro atoms. The van der Waals surface area contributed by atoms with E-state index >= 15 is 0 Å². The van der Waals surface area contributed by atoms with Gasteiger partial charge in [-0.3, -0.25) is 4.90 Å². The minimum Gasteiger partial charge on any atom is -0.379 e. The van der Waals surface area contributed by atoms with Crippen molar-refractivity contribution in [3.8, 4) is 0 Å². The average Bonchev–Trinajstić information content (AvgIpc) is 2.79. The van der Waals surface area contributed by atoms with Crippen molar-refractivity contribution < 1.29 is 9.26 Å². The molecule has 1 aliphatic rings. The lowest BCUT2D eigenvalue weighted by molar-refractivity contribution is 0.0348. The first-order valence-corrected chi connectivity index (χ1v) is 6.06. The molecule has 0 radical (unpaired) electrons. The van der Waals surface area contributed by atoms with Gasteiger partial charge in [0.2, 0.25) is 5.89 Å². The van der Waals surface area contributed by atoms with Crippen molar-refractivity contribution in [2.45, 2.75) is 25.8 Å². The van der Waals surface area contributed by atoms with Crippen molar-refractivity contribution in [2.24, 2.45) is 5.73 Å². The third kappa shape index (κ3) is 3.24. The third-order valence-corrected chi connectivity index (χ3v) is 2.84. The van der Waals surface area contributed by atoms with Gasteiger partial charge in [-0.15, -0.1) is 0 Å². The molecule has 1 saturated heterocycles. The molecule has 1 aromatic heterocycles. The van der Waals surface area contributed by atoms with Gasteiger partial charge in [-0.25, -0.2) is 0 Å². The fourth-order valence-corrected chi connectivity index (χ4v) is 1.78. The second kappa shape index (κ2) is 5.57. The highest BCUT2D eigenvalue weighted by atomic mass is 16.5. The first-order valence-electron chi connectivity index (χ1n) is 6.06. The molecule has 1 unspecified atom stereocenters. The number of rotatable bonds is 4. The number of nitrogens with two attached hydrogens (primary N) is 1. The fourth-order valence-electron chi connectivity index (χ4n) is 1.78. The SMILES string of the molecule is CC(C)c1nc(C(N)CN2CCOCC2)no1. The highest BCUT2D eigenvalue weighted by Crippen LogP contribution is 2.15. The minimum absolute atomic E-state index is 0.190. The van der Waals surface area contributed by atoms with Gasteiger partial charge in [0.15, 0.2) is 5.82 Å². The van der Waals surface area contributed by atoms with E-state index in [0.29, 0.717) is 11.7 Å². The van der Waals surface area contributed by atoms with Crippen LogP contribution in [0.15, 0.2) is 4.52 Å². The molecule has 6 heteroatoms. The van der Waals surface area contributed by atoms with Crippen LogP contribution in [0.4, 0.5) is 0 Å². The van der Waals surface area contributed by atoms with Crippen LogP contribution in [0.25, 0.3) is 0 Å². The molecule has 0 aliphatic carbocycles. The molecule has 2 heterocycles. The molecule has 0 bridgehead atoms. The normalized spacial score (nSPS) is 19.8. The maximum absolute atomic E-state index is 6.07. The lowest BCUT2D eigenvalue weighted by atomic mass is 10.2. The zero-order valence-corrected chi connectivity index (χ0v) is 10.4. The van der Waals surface area contributed by atoms with Gasteiger partial charge in [0.1, 0.15) is 0 Å². The van der Waals surface area contributed by atoms with Crippen LogP contribution >= 0.6 is 0 Å². The van der Waals surface area contributed by atoms with E-state index in [1.54, 1.807) is 0 Å². The molecule has 1 aromatic rings. The summed E-state index contributed by atoms with van der Waals surface area (Å²) in [4.78, 5) is 6.58. The first-order chi connectivity index (χ1) is 8.16. The summed E-state index contributed by atoms with van der Waals surface area (Å²) in [5.74, 6) is 1.49. The monoisotopic (exact) mass is 240 g/mol. The van der Waals surface area contributed by atoms with Crippen LogP contribution in [0.1, 0.15) is 37.5 Å². The Kier molecular flexibility index (Phi) is 4.09. The summed E-state index contributed by atoms with van der Waals surface area (Å²) in [6, 6.07) is -0.190. The molecule has 2 rings (SSSR count). The Bertz CT molecular complexity index is 347.